The minimum Gasteiger partial charge on any atom is -0.455 e. The van der Waals surface area contributed by atoms with E-state index in [0.29, 0.717) is 0 Å². The third-order valence-corrected chi connectivity index (χ3v) is 9.06. The lowest BCUT2D eigenvalue weighted by atomic mass is 9.92. The highest BCUT2D eigenvalue weighted by molar-refractivity contribution is 6.09. The minimum absolute atomic E-state index is 0.768. The van der Waals surface area contributed by atoms with Crippen molar-refractivity contribution in [3.8, 4) is 56.4 Å². The molecule has 3 heterocycles. The van der Waals surface area contributed by atoms with Gasteiger partial charge in [-0.1, -0.05) is 109 Å². The number of benzene rings is 7. The number of rotatable bonds is 3. The lowest BCUT2D eigenvalue weighted by Crippen LogP contribution is -2.20. The number of para-hydroxylation sites is 6. The second-order valence-corrected chi connectivity index (χ2v) is 11.7. The third-order valence-electron chi connectivity index (χ3n) is 9.06. The topological polar surface area (TPSA) is 34.8 Å². The second kappa shape index (κ2) is 9.62. The van der Waals surface area contributed by atoms with Gasteiger partial charge in [-0.3, -0.25) is 4.90 Å². The zero-order chi connectivity index (χ0) is 30.2. The summed E-state index contributed by atoms with van der Waals surface area (Å²) in [5.74, 6) is 3.17. The molecular formula is C42H25NO3. The third kappa shape index (κ3) is 3.67. The molecule has 2 aliphatic heterocycles. The molecule has 0 radical (unpaired) electrons. The summed E-state index contributed by atoms with van der Waals surface area (Å²) in [5.41, 5.74) is 11.3. The Labute approximate surface area is 265 Å². The molecule has 10 rings (SSSR count). The molecule has 7 aromatic carbocycles. The van der Waals surface area contributed by atoms with Crippen molar-refractivity contribution in [3.63, 3.8) is 0 Å². The second-order valence-electron chi connectivity index (χ2n) is 11.7. The van der Waals surface area contributed by atoms with Crippen LogP contribution in [0.25, 0.3) is 55.3 Å². The molecule has 0 amide bonds. The first kappa shape index (κ1) is 25.1. The van der Waals surface area contributed by atoms with Crippen molar-refractivity contribution in [1.82, 2.24) is 0 Å². The molecule has 0 bridgehead atoms. The standard InChI is InChI=1S/C42H25NO3/c1-2-11-30(28-24-39-41-40(25-28)45-38-19-8-5-16-35(38)43(41)34-15-4-7-18-37(34)44-39)29(10-1)26-20-22-27(23-21-26)31-13-9-14-33-32-12-3-6-17-36(32)46-42(31)33/h1-25H. The van der Waals surface area contributed by atoms with Crippen LogP contribution in [0, 0.1) is 0 Å². The average Bonchev–Trinajstić information content (AvgIpc) is 3.50. The van der Waals surface area contributed by atoms with E-state index in [-0.39, 0.29) is 0 Å². The van der Waals surface area contributed by atoms with Gasteiger partial charge < -0.3 is 13.9 Å². The van der Waals surface area contributed by atoms with E-state index in [1.165, 1.54) is 0 Å². The molecule has 0 atom stereocenters. The SMILES string of the molecule is c1ccc2c(c1)Oc1cc(-c3ccccc3-c3ccc(-c4cccc5c4oc4ccccc45)cc3)cc3c1N2c1ccccc1O3. The van der Waals surface area contributed by atoms with Crippen LogP contribution in [0.1, 0.15) is 0 Å². The van der Waals surface area contributed by atoms with E-state index in [2.05, 4.69) is 108 Å². The van der Waals surface area contributed by atoms with E-state index in [0.717, 1.165) is 95.4 Å². The molecule has 0 fully saturated rings. The fourth-order valence-corrected chi connectivity index (χ4v) is 6.97. The van der Waals surface area contributed by atoms with Gasteiger partial charge in [0.05, 0.1) is 11.4 Å². The van der Waals surface area contributed by atoms with Crippen LogP contribution < -0.4 is 14.4 Å². The zero-order valence-corrected chi connectivity index (χ0v) is 24.6. The molecule has 0 unspecified atom stereocenters. The number of ether oxygens (including phenoxy) is 2. The smallest absolute Gasteiger partial charge is 0.156 e. The molecule has 0 aliphatic carbocycles. The first-order chi connectivity index (χ1) is 22.8. The molecule has 1 aromatic heterocycles. The van der Waals surface area contributed by atoms with E-state index < -0.39 is 0 Å². The van der Waals surface area contributed by atoms with Gasteiger partial charge >= 0.3 is 0 Å². The summed E-state index contributed by atoms with van der Waals surface area (Å²) in [4.78, 5) is 2.25. The Morgan fingerprint density at radius 2 is 0.913 bits per heavy atom. The van der Waals surface area contributed by atoms with Gasteiger partial charge in [-0.05, 0) is 70.3 Å². The molecule has 0 saturated carbocycles. The summed E-state index contributed by atoms with van der Waals surface area (Å²) in [7, 11) is 0. The number of hydrogen-bond acceptors (Lipinski definition) is 4. The minimum atomic E-state index is 0.768. The Balaban J connectivity index is 1.08. The highest BCUT2D eigenvalue weighted by Crippen LogP contribution is 2.60. The van der Waals surface area contributed by atoms with Crippen molar-refractivity contribution in [2.75, 3.05) is 4.90 Å². The lowest BCUT2D eigenvalue weighted by Gasteiger charge is -2.38. The summed E-state index contributed by atoms with van der Waals surface area (Å²) in [6.07, 6.45) is 0. The van der Waals surface area contributed by atoms with Crippen LogP contribution in [0.15, 0.2) is 156 Å². The summed E-state index contributed by atoms with van der Waals surface area (Å²) in [5, 5.41) is 2.27. The maximum Gasteiger partial charge on any atom is 0.156 e. The van der Waals surface area contributed by atoms with E-state index in [4.69, 9.17) is 13.9 Å². The summed E-state index contributed by atoms with van der Waals surface area (Å²) < 4.78 is 19.4. The van der Waals surface area contributed by atoms with Gasteiger partial charge in [-0.15, -0.1) is 0 Å². The summed E-state index contributed by atoms with van der Waals surface area (Å²) in [6.45, 7) is 0. The fraction of sp³-hybridized carbons (Fsp3) is 0. The van der Waals surface area contributed by atoms with Gasteiger partial charge in [-0.2, -0.15) is 0 Å². The van der Waals surface area contributed by atoms with E-state index in [9.17, 15) is 0 Å². The first-order valence-electron chi connectivity index (χ1n) is 15.4. The Bertz CT molecular complexity index is 2420. The van der Waals surface area contributed by atoms with Crippen molar-refractivity contribution in [1.29, 1.82) is 0 Å². The van der Waals surface area contributed by atoms with Gasteiger partial charge in [0.15, 0.2) is 23.0 Å². The number of nitrogens with zero attached hydrogens (tertiary/aromatic N) is 1. The summed E-state index contributed by atoms with van der Waals surface area (Å²) >= 11 is 0. The molecule has 0 saturated heterocycles. The van der Waals surface area contributed by atoms with E-state index in [1.807, 2.05) is 48.5 Å². The van der Waals surface area contributed by atoms with Gasteiger partial charge in [-0.25, -0.2) is 0 Å². The largest absolute Gasteiger partial charge is 0.455 e. The Morgan fingerprint density at radius 3 is 1.61 bits per heavy atom. The van der Waals surface area contributed by atoms with Gasteiger partial charge in [0.25, 0.3) is 0 Å². The molecule has 216 valence electrons. The first-order valence-corrected chi connectivity index (χ1v) is 15.4. The zero-order valence-electron chi connectivity index (χ0n) is 24.6. The van der Waals surface area contributed by atoms with Crippen molar-refractivity contribution < 1.29 is 13.9 Å². The van der Waals surface area contributed by atoms with Crippen LogP contribution in [0.2, 0.25) is 0 Å². The van der Waals surface area contributed by atoms with Crippen molar-refractivity contribution in [2.24, 2.45) is 0 Å². The molecule has 8 aromatic rings. The van der Waals surface area contributed by atoms with Gasteiger partial charge in [0.2, 0.25) is 0 Å². The van der Waals surface area contributed by atoms with Crippen LogP contribution >= 0.6 is 0 Å². The van der Waals surface area contributed by atoms with E-state index >= 15 is 0 Å². The van der Waals surface area contributed by atoms with Gasteiger partial charge in [0, 0.05) is 16.3 Å². The molecule has 0 spiro atoms. The van der Waals surface area contributed by atoms with Crippen LogP contribution in [-0.4, -0.2) is 0 Å². The van der Waals surface area contributed by atoms with Crippen LogP contribution in [-0.2, 0) is 0 Å². The van der Waals surface area contributed by atoms with Crippen molar-refractivity contribution in [3.05, 3.63) is 152 Å². The monoisotopic (exact) mass is 591 g/mol. The summed E-state index contributed by atoms with van der Waals surface area (Å²) in [6, 6.07) is 52.4. The van der Waals surface area contributed by atoms with Crippen molar-refractivity contribution in [2.45, 2.75) is 0 Å². The number of anilines is 3. The van der Waals surface area contributed by atoms with Crippen molar-refractivity contribution >= 4 is 39.0 Å². The predicted octanol–water partition coefficient (Wildman–Crippen LogP) is 12.3. The quantitative estimate of drug-likeness (QED) is 0.205. The highest BCUT2D eigenvalue weighted by Gasteiger charge is 2.35. The number of furan rings is 1. The normalized spacial score (nSPS) is 12.7. The Hall–Kier alpha value is -6.26. The Kier molecular flexibility index (Phi) is 5.25. The Morgan fingerprint density at radius 1 is 0.391 bits per heavy atom. The molecular weight excluding hydrogens is 566 g/mol. The number of hydrogen-bond donors (Lipinski definition) is 0. The van der Waals surface area contributed by atoms with E-state index in [1.54, 1.807) is 0 Å². The van der Waals surface area contributed by atoms with Gasteiger partial charge in [0.1, 0.15) is 16.9 Å². The fourth-order valence-electron chi connectivity index (χ4n) is 6.97. The van der Waals surface area contributed by atoms with Crippen LogP contribution in [0.4, 0.5) is 17.1 Å². The lowest BCUT2D eigenvalue weighted by molar-refractivity contribution is 0.446. The maximum absolute atomic E-state index is 6.54. The predicted molar refractivity (Wildman–Crippen MR) is 185 cm³/mol. The maximum atomic E-state index is 6.54. The molecule has 2 aliphatic rings. The molecule has 0 N–H and O–H groups in total. The molecule has 4 nitrogen and oxygen atoms in total. The molecule has 4 heteroatoms. The molecule has 46 heavy (non-hydrogen) atoms. The van der Waals surface area contributed by atoms with Crippen LogP contribution in [0.3, 0.4) is 0 Å². The average molecular weight is 592 g/mol. The van der Waals surface area contributed by atoms with Crippen LogP contribution in [0.5, 0.6) is 23.0 Å². The number of fused-ring (bicyclic) bond motifs is 7. The highest BCUT2D eigenvalue weighted by atomic mass is 16.5.